The molecule has 0 saturated heterocycles. The minimum Gasteiger partial charge on any atom is -0.482 e. The van der Waals surface area contributed by atoms with Gasteiger partial charge in [0.25, 0.3) is 5.91 Å². The van der Waals surface area contributed by atoms with Crippen molar-refractivity contribution in [2.45, 2.75) is 17.8 Å². The molecule has 1 amide bonds. The second-order valence-electron chi connectivity index (χ2n) is 5.85. The van der Waals surface area contributed by atoms with Crippen molar-refractivity contribution in [1.29, 1.82) is 0 Å². The lowest BCUT2D eigenvalue weighted by Crippen LogP contribution is -2.15. The number of ether oxygens (including phenoxy) is 2. The van der Waals surface area contributed by atoms with Crippen LogP contribution in [0.5, 0.6) is 5.75 Å². The number of amides is 1. The lowest BCUT2D eigenvalue weighted by molar-refractivity contribution is -0.145. The molecular weight excluding hydrogens is 392 g/mol. The summed E-state index contributed by atoms with van der Waals surface area (Å²) >= 11 is 1.53. The SMILES string of the molecule is CCOC(=O)COc1cccc(NC(=O)c2ccc(CSc3ncn[nH]3)cc2)c1. The largest absolute Gasteiger partial charge is 0.482 e. The summed E-state index contributed by atoms with van der Waals surface area (Å²) in [5, 5.41) is 10.2. The molecular formula is C20H20N4O4S. The Kier molecular flexibility index (Phi) is 7.23. The third-order valence-electron chi connectivity index (χ3n) is 3.74. The summed E-state index contributed by atoms with van der Waals surface area (Å²) in [6.45, 7) is 1.85. The topological polar surface area (TPSA) is 106 Å². The highest BCUT2D eigenvalue weighted by Gasteiger charge is 2.08. The van der Waals surface area contributed by atoms with Crippen molar-refractivity contribution in [2.75, 3.05) is 18.5 Å². The Labute approximate surface area is 172 Å². The smallest absolute Gasteiger partial charge is 0.344 e. The molecule has 150 valence electrons. The summed E-state index contributed by atoms with van der Waals surface area (Å²) in [5.74, 6) is 0.512. The van der Waals surface area contributed by atoms with Crippen molar-refractivity contribution in [3.8, 4) is 5.75 Å². The van der Waals surface area contributed by atoms with Crippen molar-refractivity contribution >= 4 is 29.3 Å². The standard InChI is InChI=1S/C20H20N4O4S/c1-2-27-18(25)11-28-17-5-3-4-16(10-17)23-19(26)15-8-6-14(7-9-15)12-29-20-21-13-22-24-20/h3-10,13H,2,11-12H2,1H3,(H,23,26)(H,21,22,24). The first-order valence-electron chi connectivity index (χ1n) is 8.91. The number of H-pyrrole nitrogens is 1. The average molecular weight is 412 g/mol. The van der Waals surface area contributed by atoms with Gasteiger partial charge in [0.15, 0.2) is 11.8 Å². The van der Waals surface area contributed by atoms with Crippen molar-refractivity contribution in [3.63, 3.8) is 0 Å². The van der Waals surface area contributed by atoms with Crippen LogP contribution in [-0.4, -0.2) is 40.3 Å². The van der Waals surface area contributed by atoms with E-state index in [-0.39, 0.29) is 12.5 Å². The van der Waals surface area contributed by atoms with Gasteiger partial charge in [0, 0.05) is 23.1 Å². The molecule has 0 fully saturated rings. The molecule has 2 aromatic carbocycles. The van der Waals surface area contributed by atoms with E-state index >= 15 is 0 Å². The van der Waals surface area contributed by atoms with E-state index in [9.17, 15) is 9.59 Å². The highest BCUT2D eigenvalue weighted by molar-refractivity contribution is 7.98. The van der Waals surface area contributed by atoms with Crippen LogP contribution in [0.15, 0.2) is 60.0 Å². The van der Waals surface area contributed by atoms with Gasteiger partial charge in [-0.1, -0.05) is 30.0 Å². The summed E-state index contributed by atoms with van der Waals surface area (Å²) in [5.41, 5.74) is 2.18. The highest BCUT2D eigenvalue weighted by atomic mass is 32.2. The molecule has 3 rings (SSSR count). The van der Waals surface area contributed by atoms with Gasteiger partial charge in [-0.05, 0) is 36.8 Å². The summed E-state index contributed by atoms with van der Waals surface area (Å²) in [6, 6.07) is 14.2. The first kappa shape index (κ1) is 20.4. The molecule has 1 heterocycles. The van der Waals surface area contributed by atoms with Gasteiger partial charge in [0.05, 0.1) is 6.61 Å². The van der Waals surface area contributed by atoms with E-state index in [0.717, 1.165) is 16.5 Å². The van der Waals surface area contributed by atoms with Crippen molar-refractivity contribution in [1.82, 2.24) is 15.2 Å². The van der Waals surface area contributed by atoms with Crippen LogP contribution in [0.25, 0.3) is 0 Å². The number of aromatic nitrogens is 3. The molecule has 0 unspecified atom stereocenters. The number of thioether (sulfide) groups is 1. The lowest BCUT2D eigenvalue weighted by atomic mass is 10.1. The number of rotatable bonds is 9. The maximum atomic E-state index is 12.5. The van der Waals surface area contributed by atoms with E-state index in [4.69, 9.17) is 9.47 Å². The van der Waals surface area contributed by atoms with Gasteiger partial charge < -0.3 is 14.8 Å². The normalized spacial score (nSPS) is 10.4. The van der Waals surface area contributed by atoms with Gasteiger partial charge in [0.2, 0.25) is 0 Å². The quantitative estimate of drug-likeness (QED) is 0.410. The van der Waals surface area contributed by atoms with Crippen molar-refractivity contribution < 1.29 is 19.1 Å². The third-order valence-corrected chi connectivity index (χ3v) is 4.69. The Hall–Kier alpha value is -3.33. The zero-order chi connectivity index (χ0) is 20.5. The fraction of sp³-hybridized carbons (Fsp3) is 0.200. The van der Waals surface area contributed by atoms with E-state index in [2.05, 4.69) is 20.5 Å². The Balaban J connectivity index is 1.54. The number of benzene rings is 2. The fourth-order valence-electron chi connectivity index (χ4n) is 2.38. The minimum absolute atomic E-state index is 0.182. The Morgan fingerprint density at radius 3 is 2.72 bits per heavy atom. The van der Waals surface area contributed by atoms with Crippen LogP contribution in [0.3, 0.4) is 0 Å². The van der Waals surface area contributed by atoms with Gasteiger partial charge in [-0.3, -0.25) is 9.89 Å². The Bertz CT molecular complexity index is 945. The molecule has 0 radical (unpaired) electrons. The number of hydrogen-bond acceptors (Lipinski definition) is 7. The molecule has 9 heteroatoms. The molecule has 0 spiro atoms. The second-order valence-corrected chi connectivity index (χ2v) is 6.82. The molecule has 0 saturated carbocycles. The van der Waals surface area contributed by atoms with Crippen LogP contribution in [0, 0.1) is 0 Å². The average Bonchev–Trinajstić information content (AvgIpc) is 3.25. The molecule has 2 N–H and O–H groups in total. The number of nitrogens with zero attached hydrogens (tertiary/aromatic N) is 2. The summed E-state index contributed by atoms with van der Waals surface area (Å²) < 4.78 is 10.2. The number of nitrogens with one attached hydrogen (secondary N) is 2. The van der Waals surface area contributed by atoms with Crippen molar-refractivity contribution in [3.05, 3.63) is 66.0 Å². The van der Waals surface area contributed by atoms with Gasteiger partial charge in [-0.15, -0.1) is 0 Å². The molecule has 29 heavy (non-hydrogen) atoms. The predicted molar refractivity (Wildman–Crippen MR) is 109 cm³/mol. The van der Waals surface area contributed by atoms with Crippen LogP contribution < -0.4 is 10.1 Å². The monoisotopic (exact) mass is 412 g/mol. The van der Waals surface area contributed by atoms with E-state index in [1.807, 2.05) is 12.1 Å². The molecule has 3 aromatic rings. The highest BCUT2D eigenvalue weighted by Crippen LogP contribution is 2.20. The van der Waals surface area contributed by atoms with Gasteiger partial charge in [-0.2, -0.15) is 5.10 Å². The number of carbonyl (C=O) groups excluding carboxylic acids is 2. The molecule has 0 aliphatic carbocycles. The maximum Gasteiger partial charge on any atom is 0.344 e. The van der Waals surface area contributed by atoms with Gasteiger partial charge in [-0.25, -0.2) is 9.78 Å². The zero-order valence-electron chi connectivity index (χ0n) is 15.8. The van der Waals surface area contributed by atoms with Gasteiger partial charge in [0.1, 0.15) is 12.1 Å². The second kappa shape index (κ2) is 10.3. The molecule has 0 atom stereocenters. The van der Waals surface area contributed by atoms with Crippen molar-refractivity contribution in [2.24, 2.45) is 0 Å². The Morgan fingerprint density at radius 2 is 2.00 bits per heavy atom. The number of anilines is 1. The van der Waals surface area contributed by atoms with E-state index in [0.29, 0.717) is 23.6 Å². The number of carbonyl (C=O) groups is 2. The summed E-state index contributed by atoms with van der Waals surface area (Å²) in [4.78, 5) is 27.9. The molecule has 1 aromatic heterocycles. The molecule has 8 nitrogen and oxygen atoms in total. The molecule has 0 bridgehead atoms. The van der Waals surface area contributed by atoms with Crippen LogP contribution >= 0.6 is 11.8 Å². The van der Waals surface area contributed by atoms with E-state index in [1.165, 1.54) is 18.1 Å². The first-order valence-corrected chi connectivity index (χ1v) is 9.89. The van der Waals surface area contributed by atoms with E-state index < -0.39 is 5.97 Å². The van der Waals surface area contributed by atoms with Crippen LogP contribution in [0.4, 0.5) is 5.69 Å². The maximum absolute atomic E-state index is 12.5. The first-order chi connectivity index (χ1) is 14.1. The summed E-state index contributed by atoms with van der Waals surface area (Å²) in [7, 11) is 0. The third kappa shape index (κ3) is 6.35. The number of esters is 1. The zero-order valence-corrected chi connectivity index (χ0v) is 16.6. The van der Waals surface area contributed by atoms with Crippen LogP contribution in [0.2, 0.25) is 0 Å². The molecule has 0 aliphatic rings. The van der Waals surface area contributed by atoms with Crippen LogP contribution in [0.1, 0.15) is 22.8 Å². The number of aromatic amines is 1. The summed E-state index contributed by atoms with van der Waals surface area (Å²) in [6.07, 6.45) is 1.46. The van der Waals surface area contributed by atoms with Gasteiger partial charge >= 0.3 is 5.97 Å². The van der Waals surface area contributed by atoms with Crippen LogP contribution in [-0.2, 0) is 15.3 Å². The fourth-order valence-corrected chi connectivity index (χ4v) is 3.11. The molecule has 0 aliphatic heterocycles. The number of hydrogen-bond donors (Lipinski definition) is 2. The lowest BCUT2D eigenvalue weighted by Gasteiger charge is -2.09. The predicted octanol–water partition coefficient (Wildman–Crippen LogP) is 3.29. The minimum atomic E-state index is -0.441. The van der Waals surface area contributed by atoms with E-state index in [1.54, 1.807) is 43.3 Å². The Morgan fingerprint density at radius 1 is 1.17 bits per heavy atom.